The van der Waals surface area contributed by atoms with Crippen LogP contribution < -0.4 is 11.1 Å². The Bertz CT molecular complexity index is 786. The van der Waals surface area contributed by atoms with E-state index >= 15 is 0 Å². The van der Waals surface area contributed by atoms with Crippen LogP contribution in [0.4, 0.5) is 0 Å². The minimum Gasteiger partial charge on any atom is -0.366 e. The van der Waals surface area contributed by atoms with E-state index in [0.29, 0.717) is 24.4 Å². The number of hydrogen-bond donors (Lipinski definition) is 2. The fourth-order valence-electron chi connectivity index (χ4n) is 3.46. The molecule has 0 saturated heterocycles. The Labute approximate surface area is 174 Å². The van der Waals surface area contributed by atoms with Crippen molar-refractivity contribution in [2.75, 3.05) is 20.6 Å². The third-order valence-corrected chi connectivity index (χ3v) is 5.41. The van der Waals surface area contributed by atoms with Gasteiger partial charge in [-0.2, -0.15) is 0 Å². The Kier molecular flexibility index (Phi) is 8.40. The van der Waals surface area contributed by atoms with Gasteiger partial charge in [0.2, 0.25) is 11.8 Å². The van der Waals surface area contributed by atoms with Crippen molar-refractivity contribution in [3.8, 4) is 0 Å². The first-order valence-electron chi connectivity index (χ1n) is 10.1. The second-order valence-corrected chi connectivity index (χ2v) is 8.15. The molecule has 0 aliphatic rings. The summed E-state index contributed by atoms with van der Waals surface area (Å²) in [6, 6.07) is 17.7. The molecule has 0 aliphatic heterocycles. The van der Waals surface area contributed by atoms with Gasteiger partial charge in [-0.15, -0.1) is 0 Å². The van der Waals surface area contributed by atoms with Gasteiger partial charge in [0.25, 0.3) is 0 Å². The zero-order valence-electron chi connectivity index (χ0n) is 17.9. The predicted molar refractivity (Wildman–Crippen MR) is 118 cm³/mol. The van der Waals surface area contributed by atoms with Crippen molar-refractivity contribution in [3.63, 3.8) is 0 Å². The first kappa shape index (κ1) is 22.6. The maximum absolute atomic E-state index is 12.6. The summed E-state index contributed by atoms with van der Waals surface area (Å²) < 4.78 is 0. The number of likely N-dealkylation sites (N-methyl/N-ethyl adjacent to an activating group) is 1. The number of nitrogens with two attached hydrogens (primary N) is 1. The lowest BCUT2D eigenvalue weighted by Gasteiger charge is -2.26. The molecule has 29 heavy (non-hydrogen) atoms. The Hall–Kier alpha value is -2.66. The summed E-state index contributed by atoms with van der Waals surface area (Å²) in [4.78, 5) is 26.0. The van der Waals surface area contributed by atoms with Crippen LogP contribution in [0.2, 0.25) is 0 Å². The Morgan fingerprint density at radius 1 is 1.00 bits per heavy atom. The minimum atomic E-state index is -0.425. The summed E-state index contributed by atoms with van der Waals surface area (Å²) in [6.45, 7) is 4.88. The molecular formula is C24H33N3O2. The van der Waals surface area contributed by atoms with Gasteiger partial charge in [0.05, 0.1) is 0 Å². The van der Waals surface area contributed by atoms with E-state index in [1.54, 1.807) is 12.1 Å². The number of hydrogen-bond acceptors (Lipinski definition) is 3. The molecule has 0 unspecified atom stereocenters. The van der Waals surface area contributed by atoms with E-state index in [-0.39, 0.29) is 17.9 Å². The topological polar surface area (TPSA) is 75.4 Å². The molecule has 156 valence electrons. The van der Waals surface area contributed by atoms with Crippen molar-refractivity contribution < 1.29 is 9.59 Å². The van der Waals surface area contributed by atoms with Crippen LogP contribution in [0.5, 0.6) is 0 Å². The first-order valence-corrected chi connectivity index (χ1v) is 10.1. The number of carbonyl (C=O) groups is 2. The van der Waals surface area contributed by atoms with Crippen LogP contribution >= 0.6 is 0 Å². The molecule has 2 rings (SSSR count). The van der Waals surface area contributed by atoms with Crippen molar-refractivity contribution in [1.82, 2.24) is 10.2 Å². The van der Waals surface area contributed by atoms with Gasteiger partial charge < -0.3 is 16.0 Å². The molecule has 0 bridgehead atoms. The number of primary amides is 1. The van der Waals surface area contributed by atoms with Crippen LogP contribution in [-0.4, -0.2) is 43.4 Å². The molecule has 2 aromatic rings. The van der Waals surface area contributed by atoms with E-state index < -0.39 is 5.91 Å². The highest BCUT2D eigenvalue weighted by Crippen LogP contribution is 2.27. The van der Waals surface area contributed by atoms with Crippen molar-refractivity contribution in [2.45, 2.75) is 38.6 Å². The number of nitrogens with zero attached hydrogens (tertiary/aromatic N) is 1. The van der Waals surface area contributed by atoms with Crippen LogP contribution in [0.15, 0.2) is 54.6 Å². The maximum Gasteiger partial charge on any atom is 0.248 e. The zero-order chi connectivity index (χ0) is 21.4. The number of carbonyl (C=O) groups excluding carboxylic acids is 2. The second kappa shape index (κ2) is 10.8. The average Bonchev–Trinajstić information content (AvgIpc) is 2.69. The maximum atomic E-state index is 12.6. The molecule has 5 nitrogen and oxygen atoms in total. The third-order valence-electron chi connectivity index (χ3n) is 5.41. The van der Waals surface area contributed by atoms with Gasteiger partial charge in [0.15, 0.2) is 0 Å². The fraction of sp³-hybridized carbons (Fsp3) is 0.417. The molecule has 2 aromatic carbocycles. The Morgan fingerprint density at radius 2 is 1.62 bits per heavy atom. The fourth-order valence-corrected chi connectivity index (χ4v) is 3.46. The zero-order valence-corrected chi connectivity index (χ0v) is 17.9. The second-order valence-electron chi connectivity index (χ2n) is 8.15. The highest BCUT2D eigenvalue weighted by atomic mass is 16.1. The SMILES string of the molecule is CC(C)[C@@H](CC(=O)NC[C@H](Cc1ccc(C(N)=O)cc1)N(C)C)c1ccccc1. The molecule has 0 fully saturated rings. The number of amides is 2. The van der Waals surface area contributed by atoms with E-state index in [1.165, 1.54) is 5.56 Å². The Balaban J connectivity index is 1.95. The molecule has 0 heterocycles. The van der Waals surface area contributed by atoms with Gasteiger partial charge in [-0.3, -0.25) is 9.59 Å². The lowest BCUT2D eigenvalue weighted by Crippen LogP contribution is -2.42. The molecule has 0 aromatic heterocycles. The van der Waals surface area contributed by atoms with E-state index in [0.717, 1.165) is 12.0 Å². The number of benzene rings is 2. The van der Waals surface area contributed by atoms with Crippen LogP contribution in [0.3, 0.4) is 0 Å². The minimum absolute atomic E-state index is 0.0727. The molecule has 0 radical (unpaired) electrons. The van der Waals surface area contributed by atoms with Crippen LogP contribution in [0.1, 0.15) is 47.7 Å². The summed E-state index contributed by atoms with van der Waals surface area (Å²) >= 11 is 0. The summed E-state index contributed by atoms with van der Waals surface area (Å²) in [6.07, 6.45) is 1.26. The smallest absolute Gasteiger partial charge is 0.248 e. The largest absolute Gasteiger partial charge is 0.366 e. The highest BCUT2D eigenvalue weighted by molar-refractivity contribution is 5.92. The van der Waals surface area contributed by atoms with Gasteiger partial charge in [-0.05, 0) is 55.6 Å². The van der Waals surface area contributed by atoms with Crippen LogP contribution in [0, 0.1) is 5.92 Å². The molecule has 2 atom stereocenters. The first-order chi connectivity index (χ1) is 13.8. The lowest BCUT2D eigenvalue weighted by molar-refractivity contribution is -0.121. The van der Waals surface area contributed by atoms with E-state index in [2.05, 4.69) is 36.2 Å². The molecule has 0 spiro atoms. The summed E-state index contributed by atoms with van der Waals surface area (Å²) in [5.41, 5.74) is 8.12. The summed E-state index contributed by atoms with van der Waals surface area (Å²) in [5, 5.41) is 3.11. The third kappa shape index (κ3) is 7.02. The monoisotopic (exact) mass is 395 g/mol. The predicted octanol–water partition coefficient (Wildman–Crippen LogP) is 3.20. The molecule has 3 N–H and O–H groups in total. The average molecular weight is 396 g/mol. The summed E-state index contributed by atoms with van der Waals surface area (Å²) in [5.74, 6) is 0.237. The van der Waals surface area contributed by atoms with Crippen LogP contribution in [-0.2, 0) is 11.2 Å². The van der Waals surface area contributed by atoms with Gasteiger partial charge in [0, 0.05) is 24.6 Å². The molecule has 0 aliphatic carbocycles. The van der Waals surface area contributed by atoms with Gasteiger partial charge in [-0.1, -0.05) is 56.3 Å². The van der Waals surface area contributed by atoms with Gasteiger partial charge in [0.1, 0.15) is 0 Å². The van der Waals surface area contributed by atoms with Crippen LogP contribution in [0.25, 0.3) is 0 Å². The van der Waals surface area contributed by atoms with Crippen molar-refractivity contribution in [1.29, 1.82) is 0 Å². The molecule has 2 amide bonds. The molecule has 5 heteroatoms. The normalized spacial score (nSPS) is 13.3. The van der Waals surface area contributed by atoms with E-state index in [1.807, 2.05) is 44.4 Å². The lowest BCUT2D eigenvalue weighted by atomic mass is 9.85. The van der Waals surface area contributed by atoms with Gasteiger partial charge >= 0.3 is 0 Å². The summed E-state index contributed by atoms with van der Waals surface area (Å²) in [7, 11) is 4.02. The van der Waals surface area contributed by atoms with Gasteiger partial charge in [-0.25, -0.2) is 0 Å². The molecular weight excluding hydrogens is 362 g/mol. The van der Waals surface area contributed by atoms with Crippen molar-refractivity contribution in [2.24, 2.45) is 11.7 Å². The van der Waals surface area contributed by atoms with Crippen molar-refractivity contribution in [3.05, 3.63) is 71.3 Å². The van der Waals surface area contributed by atoms with E-state index in [9.17, 15) is 9.59 Å². The number of rotatable bonds is 10. The quantitative estimate of drug-likeness (QED) is 0.649. The van der Waals surface area contributed by atoms with Crippen molar-refractivity contribution >= 4 is 11.8 Å². The highest BCUT2D eigenvalue weighted by Gasteiger charge is 2.20. The molecule has 0 saturated carbocycles. The number of nitrogens with one attached hydrogen (secondary N) is 1. The standard InChI is InChI=1S/C24H33N3O2/c1-17(2)22(19-8-6-5-7-9-19)15-23(28)26-16-21(27(3)4)14-18-10-12-20(13-11-18)24(25)29/h5-13,17,21-22H,14-16H2,1-4H3,(H2,25,29)(H,26,28)/t21-,22+/m0/s1. The Morgan fingerprint density at radius 3 is 2.14 bits per heavy atom. The van der Waals surface area contributed by atoms with E-state index in [4.69, 9.17) is 5.73 Å².